The number of thiazole rings is 1. The minimum Gasteiger partial charge on any atom is -0.295 e. The number of carbonyl (C=O) groups is 2. The molecular weight excluding hydrogens is 436 g/mol. The van der Waals surface area contributed by atoms with E-state index in [0.717, 1.165) is 37.3 Å². The van der Waals surface area contributed by atoms with Crippen molar-refractivity contribution in [3.05, 3.63) is 76.3 Å². The van der Waals surface area contributed by atoms with Gasteiger partial charge < -0.3 is 0 Å². The fourth-order valence-electron chi connectivity index (χ4n) is 3.88. The number of nitrogens with one attached hydrogen (secondary N) is 2. The van der Waals surface area contributed by atoms with Crippen molar-refractivity contribution in [3.63, 3.8) is 0 Å². The second-order valence-electron chi connectivity index (χ2n) is 8.13. The van der Waals surface area contributed by atoms with Crippen molar-refractivity contribution < 1.29 is 9.59 Å². The van der Waals surface area contributed by atoms with E-state index in [-0.39, 0.29) is 18.3 Å². The van der Waals surface area contributed by atoms with Crippen LogP contribution in [0.5, 0.6) is 0 Å². The Morgan fingerprint density at radius 2 is 1.94 bits per heavy atom. The Labute approximate surface area is 195 Å². The lowest BCUT2D eigenvalue weighted by molar-refractivity contribution is -0.118. The molecule has 0 spiro atoms. The molecule has 0 unspecified atom stereocenters. The van der Waals surface area contributed by atoms with Gasteiger partial charge in [-0.3, -0.25) is 30.2 Å². The number of aryl methyl sites for hydroxylation is 1. The van der Waals surface area contributed by atoms with Gasteiger partial charge >= 0.3 is 0 Å². The number of carbonyl (C=O) groups excluding carboxylic acids is 2. The van der Waals surface area contributed by atoms with Gasteiger partial charge in [0.2, 0.25) is 5.84 Å². The van der Waals surface area contributed by atoms with Crippen LogP contribution in [0, 0.1) is 6.92 Å². The van der Waals surface area contributed by atoms with Crippen molar-refractivity contribution >= 4 is 39.8 Å². The topological polar surface area (TPSA) is 89.9 Å². The van der Waals surface area contributed by atoms with Gasteiger partial charge in [0.05, 0.1) is 11.4 Å². The zero-order chi connectivity index (χ0) is 22.8. The van der Waals surface area contributed by atoms with Gasteiger partial charge in [0, 0.05) is 30.9 Å². The highest BCUT2D eigenvalue weighted by molar-refractivity contribution is 7.16. The van der Waals surface area contributed by atoms with Crippen LogP contribution in [-0.4, -0.2) is 40.6 Å². The van der Waals surface area contributed by atoms with Crippen LogP contribution in [0.4, 0.5) is 10.8 Å². The molecular formula is C24H24N6O2S. The van der Waals surface area contributed by atoms with Gasteiger partial charge in [0.15, 0.2) is 5.13 Å². The lowest BCUT2D eigenvalue weighted by atomic mass is 10.1. The summed E-state index contributed by atoms with van der Waals surface area (Å²) in [6.07, 6.45) is 0.851. The van der Waals surface area contributed by atoms with Crippen molar-refractivity contribution in [1.82, 2.24) is 15.3 Å². The monoisotopic (exact) mass is 460 g/mol. The van der Waals surface area contributed by atoms with Crippen molar-refractivity contribution in [3.8, 4) is 0 Å². The van der Waals surface area contributed by atoms with Crippen molar-refractivity contribution in [1.29, 1.82) is 0 Å². The zero-order valence-corrected chi connectivity index (χ0v) is 19.1. The third kappa shape index (κ3) is 4.79. The van der Waals surface area contributed by atoms with Crippen LogP contribution in [0.25, 0.3) is 0 Å². The minimum atomic E-state index is -0.410. The number of rotatable bonds is 5. The molecule has 0 fully saturated rings. The zero-order valence-electron chi connectivity index (χ0n) is 18.2. The third-order valence-electron chi connectivity index (χ3n) is 5.63. The van der Waals surface area contributed by atoms with E-state index in [1.54, 1.807) is 0 Å². The molecule has 2 amide bonds. The Morgan fingerprint density at radius 1 is 1.15 bits per heavy atom. The molecule has 9 heteroatoms. The number of aromatic nitrogens is 1. The molecule has 0 saturated heterocycles. The quantitative estimate of drug-likeness (QED) is 0.611. The first-order valence-corrected chi connectivity index (χ1v) is 11.6. The van der Waals surface area contributed by atoms with E-state index in [1.165, 1.54) is 26.8 Å². The van der Waals surface area contributed by atoms with E-state index in [9.17, 15) is 9.59 Å². The number of aliphatic imine (C=N–C) groups is 1. The van der Waals surface area contributed by atoms with Gasteiger partial charge in [-0.2, -0.15) is 0 Å². The normalized spacial score (nSPS) is 16.1. The molecule has 0 atom stereocenters. The first kappa shape index (κ1) is 21.3. The molecule has 0 radical (unpaired) electrons. The van der Waals surface area contributed by atoms with Gasteiger partial charge in [-0.25, -0.2) is 9.99 Å². The summed E-state index contributed by atoms with van der Waals surface area (Å²) in [6, 6.07) is 17.9. The standard InChI is InChI=1S/C24H24N6O2S/c1-16-7-9-18(10-8-16)30-21(31)13-25-22(28-30)23(32)27-24-26-19-11-12-29(15-20(19)33-24)14-17-5-3-2-4-6-17/h2-10H,11-15H2,1H3,(H,25,28)(H,26,27,32). The number of anilines is 2. The molecule has 2 aliphatic heterocycles. The summed E-state index contributed by atoms with van der Waals surface area (Å²) in [6.45, 7) is 4.52. The molecule has 0 bridgehead atoms. The highest BCUT2D eigenvalue weighted by atomic mass is 32.1. The van der Waals surface area contributed by atoms with Gasteiger partial charge in [-0.05, 0) is 24.6 Å². The molecule has 2 aliphatic rings. The number of nitrogens with zero attached hydrogens (tertiary/aromatic N) is 4. The molecule has 1 aromatic heterocycles. The van der Waals surface area contributed by atoms with Gasteiger partial charge in [-0.1, -0.05) is 48.0 Å². The lowest BCUT2D eigenvalue weighted by Gasteiger charge is -2.27. The summed E-state index contributed by atoms with van der Waals surface area (Å²) in [5, 5.41) is 4.76. The van der Waals surface area contributed by atoms with Crippen LogP contribution < -0.4 is 15.8 Å². The van der Waals surface area contributed by atoms with E-state index >= 15 is 0 Å². The Hall–Kier alpha value is -3.56. The molecule has 2 N–H and O–H groups in total. The highest BCUT2D eigenvalue weighted by Crippen LogP contribution is 2.29. The summed E-state index contributed by atoms with van der Waals surface area (Å²) in [5.41, 5.74) is 6.92. The van der Waals surface area contributed by atoms with Crippen LogP contribution in [0.2, 0.25) is 0 Å². The second kappa shape index (κ2) is 9.13. The SMILES string of the molecule is Cc1ccc(N2NC(C(=O)Nc3nc4c(s3)CN(Cc3ccccc3)CC4)=NCC2=O)cc1. The maximum Gasteiger partial charge on any atom is 0.294 e. The number of fused-ring (bicyclic) bond motifs is 1. The average molecular weight is 461 g/mol. The van der Waals surface area contributed by atoms with Gasteiger partial charge in [0.25, 0.3) is 11.8 Å². The first-order valence-electron chi connectivity index (χ1n) is 10.8. The van der Waals surface area contributed by atoms with Crippen LogP contribution in [-0.2, 0) is 29.1 Å². The third-order valence-corrected chi connectivity index (χ3v) is 6.62. The predicted molar refractivity (Wildman–Crippen MR) is 129 cm³/mol. The Kier molecular flexibility index (Phi) is 5.89. The number of hydrazine groups is 1. The maximum atomic E-state index is 12.8. The number of amides is 2. The van der Waals surface area contributed by atoms with Crippen molar-refractivity contribution in [2.24, 2.45) is 4.99 Å². The molecule has 5 rings (SSSR count). The van der Waals surface area contributed by atoms with Crippen LogP contribution in [0.3, 0.4) is 0 Å². The van der Waals surface area contributed by atoms with Crippen LogP contribution in [0.1, 0.15) is 21.7 Å². The Morgan fingerprint density at radius 3 is 2.73 bits per heavy atom. The number of hydrogen-bond acceptors (Lipinski definition) is 7. The fraction of sp³-hybridized carbons (Fsp3) is 0.250. The van der Waals surface area contributed by atoms with Crippen LogP contribution >= 0.6 is 11.3 Å². The largest absolute Gasteiger partial charge is 0.295 e. The maximum absolute atomic E-state index is 12.8. The fourth-order valence-corrected chi connectivity index (χ4v) is 4.93. The molecule has 33 heavy (non-hydrogen) atoms. The molecule has 3 heterocycles. The Bertz CT molecular complexity index is 1210. The number of hydrogen-bond donors (Lipinski definition) is 2. The predicted octanol–water partition coefficient (Wildman–Crippen LogP) is 2.90. The van der Waals surface area contributed by atoms with Gasteiger partial charge in [-0.15, -0.1) is 11.3 Å². The van der Waals surface area contributed by atoms with Crippen molar-refractivity contribution in [2.45, 2.75) is 26.4 Å². The molecule has 0 aliphatic carbocycles. The van der Waals surface area contributed by atoms with Crippen molar-refractivity contribution in [2.75, 3.05) is 23.4 Å². The van der Waals surface area contributed by atoms with E-state index in [1.807, 2.05) is 37.3 Å². The summed E-state index contributed by atoms with van der Waals surface area (Å²) in [7, 11) is 0. The molecule has 3 aromatic rings. The molecule has 168 valence electrons. The van der Waals surface area contributed by atoms with Gasteiger partial charge in [0.1, 0.15) is 6.54 Å². The summed E-state index contributed by atoms with van der Waals surface area (Å²) < 4.78 is 0. The summed E-state index contributed by atoms with van der Waals surface area (Å²) in [5.74, 6) is -0.542. The van der Waals surface area contributed by atoms with Crippen LogP contribution in [0.15, 0.2) is 59.6 Å². The Balaban J connectivity index is 1.23. The van der Waals surface area contributed by atoms with E-state index in [4.69, 9.17) is 0 Å². The smallest absolute Gasteiger partial charge is 0.294 e. The lowest BCUT2D eigenvalue weighted by Crippen LogP contribution is -2.54. The molecule has 2 aromatic carbocycles. The molecule has 0 saturated carbocycles. The van der Waals surface area contributed by atoms with E-state index in [0.29, 0.717) is 10.8 Å². The summed E-state index contributed by atoms with van der Waals surface area (Å²) >= 11 is 1.49. The second-order valence-corrected chi connectivity index (χ2v) is 9.21. The molecule has 8 nitrogen and oxygen atoms in total. The summed E-state index contributed by atoms with van der Waals surface area (Å²) in [4.78, 5) is 37.4. The van der Waals surface area contributed by atoms with E-state index in [2.05, 4.69) is 49.9 Å². The minimum absolute atomic E-state index is 0.0908. The highest BCUT2D eigenvalue weighted by Gasteiger charge is 2.27. The first-order chi connectivity index (χ1) is 16.0. The van der Waals surface area contributed by atoms with E-state index < -0.39 is 5.91 Å². The number of amidine groups is 1. The average Bonchev–Trinajstić information content (AvgIpc) is 3.22. The number of benzene rings is 2.